The SMILES string of the molecule is COC(=O)c1c(Cl)nc(Cl)c2ccccc12. The molecule has 1 aromatic heterocycles. The van der Waals surface area contributed by atoms with Crippen LogP contribution in [0.15, 0.2) is 24.3 Å². The molecule has 82 valence electrons. The Morgan fingerprint density at radius 2 is 1.81 bits per heavy atom. The number of ether oxygens (including phenoxy) is 1. The number of rotatable bonds is 1. The largest absolute Gasteiger partial charge is 0.465 e. The lowest BCUT2D eigenvalue weighted by Gasteiger charge is -2.07. The van der Waals surface area contributed by atoms with Crippen LogP contribution >= 0.6 is 23.2 Å². The number of hydrogen-bond donors (Lipinski definition) is 0. The summed E-state index contributed by atoms with van der Waals surface area (Å²) in [6.07, 6.45) is 0. The average molecular weight is 256 g/mol. The van der Waals surface area contributed by atoms with E-state index in [1.165, 1.54) is 7.11 Å². The predicted octanol–water partition coefficient (Wildman–Crippen LogP) is 3.33. The van der Waals surface area contributed by atoms with Crippen LogP contribution in [0.5, 0.6) is 0 Å². The van der Waals surface area contributed by atoms with E-state index in [1.54, 1.807) is 18.2 Å². The fourth-order valence-corrected chi connectivity index (χ4v) is 2.05. The zero-order valence-electron chi connectivity index (χ0n) is 8.33. The summed E-state index contributed by atoms with van der Waals surface area (Å²) in [5, 5.41) is 1.64. The molecule has 0 bridgehead atoms. The number of halogens is 2. The lowest BCUT2D eigenvalue weighted by Crippen LogP contribution is -2.04. The van der Waals surface area contributed by atoms with E-state index < -0.39 is 5.97 Å². The van der Waals surface area contributed by atoms with Gasteiger partial charge in [0.2, 0.25) is 0 Å². The van der Waals surface area contributed by atoms with Gasteiger partial charge in [-0.2, -0.15) is 0 Å². The molecule has 16 heavy (non-hydrogen) atoms. The zero-order valence-corrected chi connectivity index (χ0v) is 9.84. The Balaban J connectivity index is 2.87. The summed E-state index contributed by atoms with van der Waals surface area (Å²) in [4.78, 5) is 15.5. The van der Waals surface area contributed by atoms with Crippen LogP contribution in [0.1, 0.15) is 10.4 Å². The molecule has 2 rings (SSSR count). The molecule has 5 heteroatoms. The third-order valence-electron chi connectivity index (χ3n) is 2.21. The number of aromatic nitrogens is 1. The molecule has 0 N–H and O–H groups in total. The van der Waals surface area contributed by atoms with Crippen LogP contribution in [0, 0.1) is 0 Å². The lowest BCUT2D eigenvalue weighted by atomic mass is 10.1. The van der Waals surface area contributed by atoms with E-state index in [-0.39, 0.29) is 15.9 Å². The van der Waals surface area contributed by atoms with Crippen molar-refractivity contribution in [1.29, 1.82) is 0 Å². The maximum absolute atomic E-state index is 11.6. The maximum Gasteiger partial charge on any atom is 0.341 e. The van der Waals surface area contributed by atoms with Crippen LogP contribution in [0.25, 0.3) is 10.8 Å². The second-order valence-electron chi connectivity index (χ2n) is 3.11. The Bertz CT molecular complexity index is 569. The van der Waals surface area contributed by atoms with Crippen LogP contribution in [0.2, 0.25) is 10.3 Å². The normalized spacial score (nSPS) is 10.4. The summed E-state index contributed by atoms with van der Waals surface area (Å²) < 4.78 is 4.66. The molecule has 0 aliphatic rings. The number of fused-ring (bicyclic) bond motifs is 1. The fourth-order valence-electron chi connectivity index (χ4n) is 1.49. The Kier molecular flexibility index (Phi) is 2.99. The zero-order chi connectivity index (χ0) is 11.7. The van der Waals surface area contributed by atoms with Crippen molar-refractivity contribution in [2.45, 2.75) is 0 Å². The highest BCUT2D eigenvalue weighted by Gasteiger charge is 2.18. The molecule has 0 unspecified atom stereocenters. The number of esters is 1. The van der Waals surface area contributed by atoms with Crippen molar-refractivity contribution in [1.82, 2.24) is 4.98 Å². The molecule has 1 aromatic carbocycles. The fraction of sp³-hybridized carbons (Fsp3) is 0.0909. The maximum atomic E-state index is 11.6. The van der Waals surface area contributed by atoms with Crippen molar-refractivity contribution in [3.8, 4) is 0 Å². The number of nitrogens with zero attached hydrogens (tertiary/aromatic N) is 1. The number of hydrogen-bond acceptors (Lipinski definition) is 3. The van der Waals surface area contributed by atoms with Gasteiger partial charge in [-0.15, -0.1) is 0 Å². The number of carbonyl (C=O) groups excluding carboxylic acids is 1. The number of methoxy groups -OCH3 is 1. The highest BCUT2D eigenvalue weighted by atomic mass is 35.5. The topological polar surface area (TPSA) is 39.2 Å². The van der Waals surface area contributed by atoms with Gasteiger partial charge in [-0.25, -0.2) is 9.78 Å². The smallest absolute Gasteiger partial charge is 0.341 e. The summed E-state index contributed by atoms with van der Waals surface area (Å²) in [7, 11) is 1.29. The molecule has 0 spiro atoms. The van der Waals surface area contributed by atoms with Gasteiger partial charge in [0.1, 0.15) is 15.9 Å². The molecule has 0 amide bonds. The van der Waals surface area contributed by atoms with Crippen molar-refractivity contribution < 1.29 is 9.53 Å². The summed E-state index contributed by atoms with van der Waals surface area (Å²) >= 11 is 11.8. The van der Waals surface area contributed by atoms with Gasteiger partial charge >= 0.3 is 5.97 Å². The van der Waals surface area contributed by atoms with Crippen molar-refractivity contribution in [2.75, 3.05) is 7.11 Å². The molecular weight excluding hydrogens is 249 g/mol. The lowest BCUT2D eigenvalue weighted by molar-refractivity contribution is 0.0603. The van der Waals surface area contributed by atoms with Gasteiger partial charge in [-0.05, 0) is 0 Å². The first-order valence-electron chi connectivity index (χ1n) is 4.47. The molecular formula is C11H7Cl2NO2. The Morgan fingerprint density at radius 1 is 1.19 bits per heavy atom. The summed E-state index contributed by atoms with van der Waals surface area (Å²) in [5.74, 6) is -0.523. The van der Waals surface area contributed by atoms with Crippen LogP contribution in [-0.2, 0) is 4.74 Å². The minimum atomic E-state index is -0.523. The standard InChI is InChI=1S/C11H7Cl2NO2/c1-16-11(15)8-6-4-2-3-5-7(6)9(12)14-10(8)13/h2-5H,1H3. The highest BCUT2D eigenvalue weighted by molar-refractivity contribution is 6.39. The van der Waals surface area contributed by atoms with Gasteiger partial charge in [0.05, 0.1) is 7.11 Å². The van der Waals surface area contributed by atoms with E-state index in [0.717, 1.165) is 0 Å². The van der Waals surface area contributed by atoms with Gasteiger partial charge < -0.3 is 4.74 Å². The number of pyridine rings is 1. The second kappa shape index (κ2) is 4.28. The Labute approximate surface area is 102 Å². The minimum Gasteiger partial charge on any atom is -0.465 e. The van der Waals surface area contributed by atoms with E-state index >= 15 is 0 Å². The van der Waals surface area contributed by atoms with E-state index in [2.05, 4.69) is 9.72 Å². The van der Waals surface area contributed by atoms with Crippen LogP contribution in [0.4, 0.5) is 0 Å². The predicted molar refractivity (Wildman–Crippen MR) is 63.1 cm³/mol. The second-order valence-corrected chi connectivity index (χ2v) is 3.82. The average Bonchev–Trinajstić information content (AvgIpc) is 2.28. The van der Waals surface area contributed by atoms with E-state index in [9.17, 15) is 4.79 Å². The van der Waals surface area contributed by atoms with Gasteiger partial charge in [0.25, 0.3) is 0 Å². The molecule has 0 aliphatic heterocycles. The van der Waals surface area contributed by atoms with E-state index in [4.69, 9.17) is 23.2 Å². The first kappa shape index (κ1) is 11.2. The van der Waals surface area contributed by atoms with Crippen LogP contribution in [-0.4, -0.2) is 18.1 Å². The first-order valence-corrected chi connectivity index (χ1v) is 5.22. The monoisotopic (exact) mass is 255 g/mol. The quantitative estimate of drug-likeness (QED) is 0.580. The molecule has 0 atom stereocenters. The van der Waals surface area contributed by atoms with Gasteiger partial charge in [0.15, 0.2) is 0 Å². The number of carbonyl (C=O) groups is 1. The Morgan fingerprint density at radius 3 is 2.44 bits per heavy atom. The van der Waals surface area contributed by atoms with Crippen molar-refractivity contribution in [3.63, 3.8) is 0 Å². The van der Waals surface area contributed by atoms with E-state index in [0.29, 0.717) is 10.8 Å². The molecule has 0 aliphatic carbocycles. The first-order chi connectivity index (χ1) is 7.65. The van der Waals surface area contributed by atoms with Crippen LogP contribution in [0.3, 0.4) is 0 Å². The highest BCUT2D eigenvalue weighted by Crippen LogP contribution is 2.29. The number of benzene rings is 1. The molecule has 0 fully saturated rings. The molecule has 0 saturated carbocycles. The van der Waals surface area contributed by atoms with Crippen molar-refractivity contribution >= 4 is 39.9 Å². The minimum absolute atomic E-state index is 0.0514. The van der Waals surface area contributed by atoms with Crippen molar-refractivity contribution in [2.24, 2.45) is 0 Å². The summed E-state index contributed by atoms with van der Waals surface area (Å²) in [6.45, 7) is 0. The third-order valence-corrected chi connectivity index (χ3v) is 2.77. The molecule has 2 aromatic rings. The van der Waals surface area contributed by atoms with E-state index in [1.807, 2.05) is 6.07 Å². The summed E-state index contributed by atoms with van der Waals surface area (Å²) in [5.41, 5.74) is 0.240. The molecule has 1 heterocycles. The van der Waals surface area contributed by atoms with Gasteiger partial charge in [0, 0.05) is 10.8 Å². The molecule has 0 radical (unpaired) electrons. The van der Waals surface area contributed by atoms with Crippen molar-refractivity contribution in [3.05, 3.63) is 40.1 Å². The van der Waals surface area contributed by atoms with Gasteiger partial charge in [-0.1, -0.05) is 47.5 Å². The molecule has 0 saturated heterocycles. The Hall–Kier alpha value is -1.32. The summed E-state index contributed by atoms with van der Waals surface area (Å²) in [6, 6.07) is 7.13. The van der Waals surface area contributed by atoms with Gasteiger partial charge in [-0.3, -0.25) is 0 Å². The molecule has 3 nitrogen and oxygen atoms in total. The van der Waals surface area contributed by atoms with Crippen LogP contribution < -0.4 is 0 Å². The third kappa shape index (κ3) is 1.72.